The van der Waals surface area contributed by atoms with Gasteiger partial charge in [0.05, 0.1) is 4.99 Å². The molecule has 1 heterocycles. The number of hydrogen-bond acceptors (Lipinski definition) is 3. The minimum atomic E-state index is -0.162. The number of carbonyl (C=O) groups excluding carboxylic acids is 2. The van der Waals surface area contributed by atoms with Crippen LogP contribution >= 0.6 is 12.2 Å². The molecule has 2 amide bonds. The highest BCUT2D eigenvalue weighted by molar-refractivity contribution is 7.80. The summed E-state index contributed by atoms with van der Waals surface area (Å²) in [7, 11) is 0. The Bertz CT molecular complexity index is 299. The van der Waals surface area contributed by atoms with Gasteiger partial charge in [-0.05, 0) is 12.3 Å². The van der Waals surface area contributed by atoms with E-state index in [2.05, 4.69) is 0 Å². The lowest BCUT2D eigenvalue weighted by molar-refractivity contribution is -0.152. The monoisotopic (exact) mass is 242 g/mol. The second kappa shape index (κ2) is 5.39. The molecule has 0 spiro atoms. The van der Waals surface area contributed by atoms with Gasteiger partial charge in [-0.2, -0.15) is 0 Å². The third kappa shape index (κ3) is 3.01. The van der Waals surface area contributed by atoms with Crippen LogP contribution in [0.3, 0.4) is 0 Å². The molecule has 1 saturated heterocycles. The summed E-state index contributed by atoms with van der Waals surface area (Å²) in [5.41, 5.74) is 5.48. The SMILES string of the molecule is CCC(CC(N)=S)N1C(=O)CC(C)CC1=O. The largest absolute Gasteiger partial charge is 0.393 e. The first-order chi connectivity index (χ1) is 7.45. The Morgan fingerprint density at radius 1 is 1.50 bits per heavy atom. The average Bonchev–Trinajstić information content (AvgIpc) is 2.13. The van der Waals surface area contributed by atoms with Crippen LogP contribution in [0, 0.1) is 5.92 Å². The molecule has 0 radical (unpaired) electrons. The molecule has 1 rings (SSSR count). The third-order valence-electron chi connectivity index (χ3n) is 2.86. The molecule has 1 atom stereocenters. The molecule has 1 unspecified atom stereocenters. The molecule has 2 N–H and O–H groups in total. The summed E-state index contributed by atoms with van der Waals surface area (Å²) in [4.78, 5) is 25.3. The van der Waals surface area contributed by atoms with E-state index in [0.717, 1.165) is 0 Å². The van der Waals surface area contributed by atoms with Crippen LogP contribution in [-0.2, 0) is 9.59 Å². The quantitative estimate of drug-likeness (QED) is 0.595. The van der Waals surface area contributed by atoms with Crippen LogP contribution in [0.2, 0.25) is 0 Å². The van der Waals surface area contributed by atoms with Crippen molar-refractivity contribution in [1.82, 2.24) is 4.90 Å². The number of likely N-dealkylation sites (tertiary alicyclic amines) is 1. The molecule has 16 heavy (non-hydrogen) atoms. The Kier molecular flexibility index (Phi) is 4.41. The van der Waals surface area contributed by atoms with Gasteiger partial charge in [0, 0.05) is 25.3 Å². The Balaban J connectivity index is 2.79. The van der Waals surface area contributed by atoms with Crippen LogP contribution in [-0.4, -0.2) is 27.7 Å². The number of hydrogen-bond donors (Lipinski definition) is 1. The van der Waals surface area contributed by atoms with Gasteiger partial charge < -0.3 is 5.73 Å². The van der Waals surface area contributed by atoms with E-state index in [1.807, 2.05) is 13.8 Å². The molecule has 0 aromatic heterocycles. The Morgan fingerprint density at radius 3 is 2.38 bits per heavy atom. The van der Waals surface area contributed by atoms with Gasteiger partial charge in [0.15, 0.2) is 0 Å². The Hall–Kier alpha value is -0.970. The predicted molar refractivity (Wildman–Crippen MR) is 65.7 cm³/mol. The summed E-state index contributed by atoms with van der Waals surface area (Å²) >= 11 is 4.84. The molecule has 0 aromatic carbocycles. The highest BCUT2D eigenvalue weighted by Gasteiger charge is 2.34. The van der Waals surface area contributed by atoms with Gasteiger partial charge in [-0.15, -0.1) is 0 Å². The molecular weight excluding hydrogens is 224 g/mol. The minimum Gasteiger partial charge on any atom is -0.393 e. The van der Waals surface area contributed by atoms with Crippen molar-refractivity contribution in [3.05, 3.63) is 0 Å². The molecule has 0 aliphatic carbocycles. The molecule has 0 saturated carbocycles. The molecule has 5 heteroatoms. The van der Waals surface area contributed by atoms with E-state index in [9.17, 15) is 9.59 Å². The van der Waals surface area contributed by atoms with Crippen LogP contribution in [0.1, 0.15) is 39.5 Å². The molecule has 1 aliphatic heterocycles. The van der Waals surface area contributed by atoms with Crippen molar-refractivity contribution in [3.63, 3.8) is 0 Å². The van der Waals surface area contributed by atoms with Gasteiger partial charge in [0.2, 0.25) is 11.8 Å². The van der Waals surface area contributed by atoms with E-state index in [1.165, 1.54) is 4.90 Å². The number of nitrogens with zero attached hydrogens (tertiary/aromatic N) is 1. The number of imide groups is 1. The van der Waals surface area contributed by atoms with Gasteiger partial charge in [-0.1, -0.05) is 26.1 Å². The zero-order valence-electron chi connectivity index (χ0n) is 9.73. The maximum Gasteiger partial charge on any atom is 0.229 e. The number of rotatable bonds is 4. The summed E-state index contributed by atoms with van der Waals surface area (Å²) in [6.45, 7) is 3.85. The van der Waals surface area contributed by atoms with E-state index in [0.29, 0.717) is 30.7 Å². The van der Waals surface area contributed by atoms with Crippen LogP contribution in [0.4, 0.5) is 0 Å². The lowest BCUT2D eigenvalue weighted by atomic mass is 9.95. The molecule has 90 valence electrons. The summed E-state index contributed by atoms with van der Waals surface area (Å²) in [6.07, 6.45) is 2.01. The van der Waals surface area contributed by atoms with Crippen molar-refractivity contribution in [2.24, 2.45) is 11.7 Å². The lowest BCUT2D eigenvalue weighted by Crippen LogP contribution is -2.49. The van der Waals surface area contributed by atoms with Crippen molar-refractivity contribution in [1.29, 1.82) is 0 Å². The Morgan fingerprint density at radius 2 is 2.00 bits per heavy atom. The number of nitrogens with two attached hydrogens (primary N) is 1. The van der Waals surface area contributed by atoms with Gasteiger partial charge in [-0.25, -0.2) is 0 Å². The van der Waals surface area contributed by atoms with Crippen molar-refractivity contribution < 1.29 is 9.59 Å². The predicted octanol–water partition coefficient (Wildman–Crippen LogP) is 1.23. The highest BCUT2D eigenvalue weighted by Crippen LogP contribution is 2.23. The first-order valence-corrected chi connectivity index (χ1v) is 5.99. The van der Waals surface area contributed by atoms with Crippen LogP contribution in [0.5, 0.6) is 0 Å². The fraction of sp³-hybridized carbons (Fsp3) is 0.727. The van der Waals surface area contributed by atoms with Crippen molar-refractivity contribution in [3.8, 4) is 0 Å². The van der Waals surface area contributed by atoms with Crippen LogP contribution in [0.15, 0.2) is 0 Å². The summed E-state index contributed by atoms with van der Waals surface area (Å²) in [6, 6.07) is -0.162. The summed E-state index contributed by atoms with van der Waals surface area (Å²) < 4.78 is 0. The molecule has 1 fully saturated rings. The first kappa shape index (κ1) is 13.1. The summed E-state index contributed by atoms with van der Waals surface area (Å²) in [5, 5.41) is 0. The molecule has 0 bridgehead atoms. The second-order valence-corrected chi connectivity index (χ2v) is 4.93. The van der Waals surface area contributed by atoms with Gasteiger partial charge in [-0.3, -0.25) is 14.5 Å². The van der Waals surface area contributed by atoms with Gasteiger partial charge in [0.1, 0.15) is 0 Å². The van der Waals surface area contributed by atoms with E-state index in [1.54, 1.807) is 0 Å². The van der Waals surface area contributed by atoms with E-state index < -0.39 is 0 Å². The fourth-order valence-electron chi connectivity index (χ4n) is 2.06. The third-order valence-corrected chi connectivity index (χ3v) is 3.02. The van der Waals surface area contributed by atoms with Crippen molar-refractivity contribution in [2.45, 2.75) is 45.6 Å². The Labute approximate surface area is 101 Å². The van der Waals surface area contributed by atoms with E-state index in [-0.39, 0.29) is 23.8 Å². The topological polar surface area (TPSA) is 63.4 Å². The minimum absolute atomic E-state index is 0.0909. The zero-order valence-corrected chi connectivity index (χ0v) is 10.5. The number of piperidine rings is 1. The van der Waals surface area contributed by atoms with Crippen LogP contribution in [0.25, 0.3) is 0 Å². The number of carbonyl (C=O) groups is 2. The van der Waals surface area contributed by atoms with Crippen molar-refractivity contribution >= 4 is 29.0 Å². The molecule has 0 aromatic rings. The first-order valence-electron chi connectivity index (χ1n) is 5.58. The highest BCUT2D eigenvalue weighted by atomic mass is 32.1. The normalized spacial score (nSPS) is 20.0. The molecular formula is C11H18N2O2S. The summed E-state index contributed by atoms with van der Waals surface area (Å²) in [5.74, 6) is -0.0303. The maximum absolute atomic E-state index is 11.8. The number of thiocarbonyl (C=S) groups is 1. The van der Waals surface area contributed by atoms with Gasteiger partial charge >= 0.3 is 0 Å². The van der Waals surface area contributed by atoms with Crippen LogP contribution < -0.4 is 5.73 Å². The average molecular weight is 242 g/mol. The van der Waals surface area contributed by atoms with E-state index >= 15 is 0 Å². The fourth-order valence-corrected chi connectivity index (χ4v) is 2.25. The number of amides is 2. The van der Waals surface area contributed by atoms with Crippen molar-refractivity contribution in [2.75, 3.05) is 0 Å². The molecule has 1 aliphatic rings. The molecule has 4 nitrogen and oxygen atoms in total. The standard InChI is InChI=1S/C11H18N2O2S/c1-3-8(6-9(12)16)13-10(14)4-7(2)5-11(13)15/h7-8H,3-6H2,1-2H3,(H2,12,16). The smallest absolute Gasteiger partial charge is 0.229 e. The zero-order chi connectivity index (χ0) is 12.3. The van der Waals surface area contributed by atoms with Gasteiger partial charge in [0.25, 0.3) is 0 Å². The lowest BCUT2D eigenvalue weighted by Gasteiger charge is -2.34. The maximum atomic E-state index is 11.8. The second-order valence-electron chi connectivity index (χ2n) is 4.40. The van der Waals surface area contributed by atoms with E-state index in [4.69, 9.17) is 18.0 Å².